The van der Waals surface area contributed by atoms with Gasteiger partial charge in [-0.1, -0.05) is 172 Å². The molecule has 0 aromatic rings. The summed E-state index contributed by atoms with van der Waals surface area (Å²) in [7, 11) is 0. The second-order valence-electron chi connectivity index (χ2n) is 19.8. The fourth-order valence-electron chi connectivity index (χ4n) is 8.70. The van der Waals surface area contributed by atoms with Gasteiger partial charge in [0.25, 0.3) is 0 Å². The molecule has 0 aromatic carbocycles. The molecule has 0 radical (unpaired) electrons. The van der Waals surface area contributed by atoms with E-state index in [9.17, 15) is 40.5 Å². The second-order valence-corrected chi connectivity index (χ2v) is 19.8. The van der Waals surface area contributed by atoms with Crippen LogP contribution >= 0.6 is 0 Å². The summed E-state index contributed by atoms with van der Waals surface area (Å²) in [6.45, 7) is 3.63. The van der Waals surface area contributed by atoms with E-state index in [2.05, 4.69) is 62.5 Å². The van der Waals surface area contributed by atoms with Crippen molar-refractivity contribution >= 4 is 5.97 Å². The molecule has 11 atom stereocenters. The van der Waals surface area contributed by atoms with Crippen LogP contribution in [0.4, 0.5) is 0 Å². The molecule has 2 aliphatic heterocycles. The van der Waals surface area contributed by atoms with Crippen LogP contribution in [-0.4, -0.2) is 142 Å². The van der Waals surface area contributed by atoms with Gasteiger partial charge in [0, 0.05) is 13.0 Å². The van der Waals surface area contributed by atoms with Crippen molar-refractivity contribution in [3.05, 3.63) is 48.6 Å². The lowest BCUT2D eigenvalue weighted by Gasteiger charge is -2.42. The molecule has 2 rings (SSSR count). The first-order chi connectivity index (χ1) is 34.6. The molecule has 2 aliphatic rings. The van der Waals surface area contributed by atoms with Gasteiger partial charge < -0.3 is 64.2 Å². The minimum Gasteiger partial charge on any atom is -0.457 e. The van der Waals surface area contributed by atoms with Gasteiger partial charge in [0.2, 0.25) is 0 Å². The molecule has 0 aliphatic carbocycles. The Morgan fingerprint density at radius 3 is 1.35 bits per heavy atom. The molecule has 7 N–H and O–H groups in total. The molecule has 2 saturated heterocycles. The molecule has 0 saturated carbocycles. The van der Waals surface area contributed by atoms with Crippen LogP contribution in [0.3, 0.4) is 0 Å². The predicted octanol–water partition coefficient (Wildman–Crippen LogP) is 9.52. The zero-order valence-electron chi connectivity index (χ0n) is 44.2. The zero-order chi connectivity index (χ0) is 51.6. The van der Waals surface area contributed by atoms with E-state index in [0.717, 1.165) is 64.2 Å². The van der Waals surface area contributed by atoms with Gasteiger partial charge >= 0.3 is 5.97 Å². The van der Waals surface area contributed by atoms with Crippen molar-refractivity contribution in [2.45, 2.75) is 274 Å². The van der Waals surface area contributed by atoms with Crippen molar-refractivity contribution in [1.82, 2.24) is 0 Å². The predicted molar refractivity (Wildman–Crippen MR) is 279 cm³/mol. The average Bonchev–Trinajstić information content (AvgIpc) is 3.37. The molecule has 0 bridgehead atoms. The van der Waals surface area contributed by atoms with Crippen molar-refractivity contribution in [3.63, 3.8) is 0 Å². The van der Waals surface area contributed by atoms with E-state index in [-0.39, 0.29) is 25.6 Å². The van der Waals surface area contributed by atoms with Crippen LogP contribution in [0.25, 0.3) is 0 Å². The highest BCUT2D eigenvalue weighted by Gasteiger charge is 2.47. The summed E-state index contributed by atoms with van der Waals surface area (Å²) in [4.78, 5) is 13.1. The molecule has 11 unspecified atom stereocenters. The number of hydrogen-bond donors (Lipinski definition) is 7. The standard InChI is InChI=1S/C57H102O14/c1-3-5-7-9-11-13-15-17-19-21-23-24-26-28-30-32-34-36-38-40-49(59)69-46(43-66-41-39-37-35-33-31-29-27-25-22-20-18-16-14-12-10-8-6-4-2)44-67-56-55(65)53(63)51(61)48(71-56)45-68-57-54(64)52(62)50(60)47(42-58)70-57/h11-14,17-20,46-48,50-58,60-65H,3-10,15-16,21-45H2,1-2H3/b13-11-,14-12-,19-17-,20-18-. The highest BCUT2D eigenvalue weighted by molar-refractivity contribution is 5.69. The number of rotatable bonds is 45. The van der Waals surface area contributed by atoms with Gasteiger partial charge in [0.05, 0.1) is 26.4 Å². The molecule has 0 aromatic heterocycles. The lowest BCUT2D eigenvalue weighted by atomic mass is 9.98. The summed E-state index contributed by atoms with van der Waals surface area (Å²) in [5.74, 6) is -0.382. The molecular formula is C57H102O14. The quantitative estimate of drug-likeness (QED) is 0.0172. The average molecular weight is 1010 g/mol. The fourth-order valence-corrected chi connectivity index (χ4v) is 8.70. The third kappa shape index (κ3) is 31.4. The highest BCUT2D eigenvalue weighted by Crippen LogP contribution is 2.26. The third-order valence-corrected chi connectivity index (χ3v) is 13.3. The van der Waals surface area contributed by atoms with E-state index >= 15 is 0 Å². The minimum absolute atomic E-state index is 0.0555. The smallest absolute Gasteiger partial charge is 0.306 e. The topological polar surface area (TPSA) is 214 Å². The van der Waals surface area contributed by atoms with Gasteiger partial charge in [0.1, 0.15) is 54.9 Å². The van der Waals surface area contributed by atoms with Gasteiger partial charge in [-0.05, 0) is 77.0 Å². The molecule has 2 fully saturated rings. The van der Waals surface area contributed by atoms with Crippen molar-refractivity contribution in [2.24, 2.45) is 0 Å². The van der Waals surface area contributed by atoms with Gasteiger partial charge in [0.15, 0.2) is 12.6 Å². The molecule has 0 amide bonds. The van der Waals surface area contributed by atoms with E-state index in [0.29, 0.717) is 13.0 Å². The Bertz CT molecular complexity index is 1360. The second kappa shape index (κ2) is 44.3. The Kier molecular flexibility index (Phi) is 40.6. The summed E-state index contributed by atoms with van der Waals surface area (Å²) in [6, 6.07) is 0. The van der Waals surface area contributed by atoms with Crippen molar-refractivity contribution in [2.75, 3.05) is 33.0 Å². The summed E-state index contributed by atoms with van der Waals surface area (Å²) >= 11 is 0. The largest absolute Gasteiger partial charge is 0.457 e. The van der Waals surface area contributed by atoms with E-state index in [1.807, 2.05) is 0 Å². The van der Waals surface area contributed by atoms with E-state index in [4.69, 9.17) is 28.4 Å². The SMILES string of the molecule is CCCCC/C=C\C/C=C\CCCCCCCCCCCC(=O)OC(COCCCCCCCCCC/C=C\C/C=C\CCCCC)COC1OC(COC2OC(CO)C(O)C(O)C2O)C(O)C(O)C1O. The van der Waals surface area contributed by atoms with Crippen molar-refractivity contribution < 1.29 is 69.0 Å². The first-order valence-corrected chi connectivity index (χ1v) is 28.2. The summed E-state index contributed by atoms with van der Waals surface area (Å²) in [6.07, 6.45) is 35.9. The number of unbranched alkanes of at least 4 members (excludes halogenated alkanes) is 23. The van der Waals surface area contributed by atoms with Crippen LogP contribution in [0, 0.1) is 0 Å². The number of aliphatic hydroxyl groups excluding tert-OH is 7. The van der Waals surface area contributed by atoms with Gasteiger partial charge in [-0.3, -0.25) is 4.79 Å². The maximum Gasteiger partial charge on any atom is 0.306 e. The van der Waals surface area contributed by atoms with Crippen LogP contribution in [0.5, 0.6) is 0 Å². The Morgan fingerprint density at radius 2 is 0.873 bits per heavy atom. The Balaban J connectivity index is 1.74. The van der Waals surface area contributed by atoms with E-state index < -0.39 is 80.7 Å². The lowest BCUT2D eigenvalue weighted by molar-refractivity contribution is -0.332. The number of allylic oxidation sites excluding steroid dienone is 8. The molecule has 14 nitrogen and oxygen atoms in total. The number of carbonyl (C=O) groups is 1. The molecule has 14 heteroatoms. The maximum atomic E-state index is 13.1. The van der Waals surface area contributed by atoms with Crippen LogP contribution in [0.1, 0.15) is 206 Å². The Labute approximate surface area is 429 Å². The molecule has 414 valence electrons. The number of ether oxygens (including phenoxy) is 6. The Morgan fingerprint density at radius 1 is 0.465 bits per heavy atom. The van der Waals surface area contributed by atoms with Crippen molar-refractivity contribution in [1.29, 1.82) is 0 Å². The summed E-state index contributed by atoms with van der Waals surface area (Å²) in [5.41, 5.74) is 0. The molecule has 0 spiro atoms. The monoisotopic (exact) mass is 1010 g/mol. The minimum atomic E-state index is -1.71. The van der Waals surface area contributed by atoms with Crippen LogP contribution in [0.15, 0.2) is 48.6 Å². The van der Waals surface area contributed by atoms with Crippen molar-refractivity contribution in [3.8, 4) is 0 Å². The van der Waals surface area contributed by atoms with E-state index in [1.165, 1.54) is 116 Å². The van der Waals surface area contributed by atoms with Crippen LogP contribution in [0.2, 0.25) is 0 Å². The van der Waals surface area contributed by atoms with E-state index in [1.54, 1.807) is 0 Å². The fraction of sp³-hybridized carbons (Fsp3) is 0.842. The zero-order valence-corrected chi connectivity index (χ0v) is 44.2. The van der Waals surface area contributed by atoms with Crippen LogP contribution in [-0.2, 0) is 33.2 Å². The van der Waals surface area contributed by atoms with Gasteiger partial charge in [-0.2, -0.15) is 0 Å². The summed E-state index contributed by atoms with van der Waals surface area (Å²) < 4.78 is 34.4. The highest BCUT2D eigenvalue weighted by atomic mass is 16.7. The molecule has 71 heavy (non-hydrogen) atoms. The van der Waals surface area contributed by atoms with Gasteiger partial charge in [-0.25, -0.2) is 0 Å². The lowest BCUT2D eigenvalue weighted by Crippen LogP contribution is -2.61. The van der Waals surface area contributed by atoms with Crippen LogP contribution < -0.4 is 0 Å². The first-order valence-electron chi connectivity index (χ1n) is 28.2. The Hall–Kier alpha value is -2.05. The summed E-state index contributed by atoms with van der Waals surface area (Å²) in [5, 5.41) is 72.3. The number of hydrogen-bond acceptors (Lipinski definition) is 14. The maximum absolute atomic E-state index is 13.1. The molecular weight excluding hydrogens is 909 g/mol. The third-order valence-electron chi connectivity index (χ3n) is 13.3. The molecule has 2 heterocycles. The number of carbonyl (C=O) groups excluding carboxylic acids is 1. The normalized spacial score (nSPS) is 25.6. The number of esters is 1. The first kappa shape index (κ1) is 65.1. The number of aliphatic hydroxyl groups is 7. The van der Waals surface area contributed by atoms with Gasteiger partial charge in [-0.15, -0.1) is 0 Å².